The molecule has 1 heterocycles. The number of nitrogens with zero attached hydrogens (tertiary/aromatic N) is 2. The summed E-state index contributed by atoms with van der Waals surface area (Å²) in [5, 5.41) is 13.0. The van der Waals surface area contributed by atoms with Crippen LogP contribution in [0.15, 0.2) is 48.5 Å². The summed E-state index contributed by atoms with van der Waals surface area (Å²) in [7, 11) is 3.00. The summed E-state index contributed by atoms with van der Waals surface area (Å²) >= 11 is 0. The molecule has 0 saturated heterocycles. The Hall–Kier alpha value is -3.75. The second kappa shape index (κ2) is 8.30. The summed E-state index contributed by atoms with van der Waals surface area (Å²) in [4.78, 5) is 12.4. The Morgan fingerprint density at radius 1 is 0.929 bits per heavy atom. The first-order valence-electron chi connectivity index (χ1n) is 8.09. The van der Waals surface area contributed by atoms with Crippen molar-refractivity contribution >= 4 is 23.1 Å². The van der Waals surface area contributed by atoms with E-state index in [1.807, 2.05) is 0 Å². The van der Waals surface area contributed by atoms with Gasteiger partial charge in [0.25, 0.3) is 5.91 Å². The van der Waals surface area contributed by atoms with Gasteiger partial charge < -0.3 is 20.1 Å². The average Bonchev–Trinajstić information content (AvgIpc) is 2.71. The van der Waals surface area contributed by atoms with E-state index in [4.69, 9.17) is 9.47 Å². The summed E-state index contributed by atoms with van der Waals surface area (Å²) in [5.41, 5.74) is 0.518. The van der Waals surface area contributed by atoms with Crippen LogP contribution in [0.1, 0.15) is 10.5 Å². The van der Waals surface area contributed by atoms with E-state index in [1.54, 1.807) is 18.2 Å². The van der Waals surface area contributed by atoms with Gasteiger partial charge in [-0.2, -0.15) is 0 Å². The van der Waals surface area contributed by atoms with Gasteiger partial charge in [0.2, 0.25) is 0 Å². The van der Waals surface area contributed by atoms with Gasteiger partial charge >= 0.3 is 0 Å². The SMILES string of the molecule is COc1ccc(NC(=O)c2ccc(Nc3ccc(F)cc3F)nn2)c(OC)c1. The predicted molar refractivity (Wildman–Crippen MR) is 99.2 cm³/mol. The molecule has 0 saturated carbocycles. The number of hydrogen-bond acceptors (Lipinski definition) is 6. The van der Waals surface area contributed by atoms with Gasteiger partial charge in [-0.3, -0.25) is 4.79 Å². The Kier molecular flexibility index (Phi) is 5.64. The summed E-state index contributed by atoms with van der Waals surface area (Å²) in [6.07, 6.45) is 0. The van der Waals surface area contributed by atoms with E-state index in [2.05, 4.69) is 20.8 Å². The van der Waals surface area contributed by atoms with Crippen LogP contribution in [0.3, 0.4) is 0 Å². The maximum absolute atomic E-state index is 13.7. The van der Waals surface area contributed by atoms with Crippen LogP contribution in [0.5, 0.6) is 11.5 Å². The zero-order valence-electron chi connectivity index (χ0n) is 15.0. The number of methoxy groups -OCH3 is 2. The molecule has 0 radical (unpaired) electrons. The molecule has 0 bridgehead atoms. The minimum atomic E-state index is -0.768. The predicted octanol–water partition coefficient (Wildman–Crippen LogP) is 3.77. The molecule has 1 amide bonds. The number of hydrogen-bond donors (Lipinski definition) is 2. The quantitative estimate of drug-likeness (QED) is 0.671. The molecule has 144 valence electrons. The van der Waals surface area contributed by atoms with Crippen LogP contribution in [0.2, 0.25) is 0 Å². The number of amides is 1. The number of carbonyl (C=O) groups is 1. The van der Waals surface area contributed by atoms with Gasteiger partial charge in [0, 0.05) is 12.1 Å². The van der Waals surface area contributed by atoms with Gasteiger partial charge in [0.1, 0.15) is 23.1 Å². The van der Waals surface area contributed by atoms with Crippen molar-refractivity contribution in [2.24, 2.45) is 0 Å². The van der Waals surface area contributed by atoms with E-state index in [0.717, 1.165) is 12.1 Å². The standard InChI is InChI=1S/C19H16F2N4O3/c1-27-12-4-6-15(17(10-12)28-2)23-19(26)16-7-8-18(25-24-16)22-14-5-3-11(20)9-13(14)21/h3-10H,1-2H3,(H,22,25)(H,23,26). The maximum Gasteiger partial charge on any atom is 0.276 e. The van der Waals surface area contributed by atoms with E-state index >= 15 is 0 Å². The van der Waals surface area contributed by atoms with Crippen molar-refractivity contribution in [3.05, 3.63) is 65.9 Å². The van der Waals surface area contributed by atoms with Crippen molar-refractivity contribution in [1.29, 1.82) is 0 Å². The highest BCUT2D eigenvalue weighted by Crippen LogP contribution is 2.29. The first-order chi connectivity index (χ1) is 13.5. The third-order valence-electron chi connectivity index (χ3n) is 3.75. The number of halogens is 2. The number of anilines is 3. The fourth-order valence-corrected chi connectivity index (χ4v) is 2.34. The topological polar surface area (TPSA) is 85.4 Å². The Morgan fingerprint density at radius 3 is 2.36 bits per heavy atom. The lowest BCUT2D eigenvalue weighted by Crippen LogP contribution is -2.15. The van der Waals surface area contributed by atoms with Crippen LogP contribution in [-0.2, 0) is 0 Å². The third kappa shape index (κ3) is 4.32. The second-order valence-corrected chi connectivity index (χ2v) is 5.57. The number of aromatic nitrogens is 2. The van der Waals surface area contributed by atoms with E-state index in [0.29, 0.717) is 17.2 Å². The van der Waals surface area contributed by atoms with Gasteiger partial charge in [-0.1, -0.05) is 0 Å². The molecule has 1 aromatic heterocycles. The van der Waals surface area contributed by atoms with E-state index in [9.17, 15) is 13.6 Å². The minimum Gasteiger partial charge on any atom is -0.497 e. The van der Waals surface area contributed by atoms with Crippen molar-refractivity contribution in [2.45, 2.75) is 0 Å². The zero-order chi connectivity index (χ0) is 20.1. The molecular formula is C19H16F2N4O3. The summed E-state index contributed by atoms with van der Waals surface area (Å²) in [6.45, 7) is 0. The minimum absolute atomic E-state index is 0.0378. The zero-order valence-corrected chi connectivity index (χ0v) is 15.0. The van der Waals surface area contributed by atoms with Gasteiger partial charge in [0.05, 0.1) is 25.6 Å². The van der Waals surface area contributed by atoms with Crippen molar-refractivity contribution < 1.29 is 23.0 Å². The number of carbonyl (C=O) groups excluding carboxylic acids is 1. The van der Waals surface area contributed by atoms with Gasteiger partial charge in [-0.15, -0.1) is 10.2 Å². The van der Waals surface area contributed by atoms with Crippen LogP contribution >= 0.6 is 0 Å². The van der Waals surface area contributed by atoms with E-state index < -0.39 is 17.5 Å². The van der Waals surface area contributed by atoms with Crippen LogP contribution in [0.4, 0.5) is 26.0 Å². The fraction of sp³-hybridized carbons (Fsp3) is 0.105. The van der Waals surface area contributed by atoms with Crippen molar-refractivity contribution in [2.75, 3.05) is 24.9 Å². The Balaban J connectivity index is 1.72. The highest BCUT2D eigenvalue weighted by molar-refractivity contribution is 6.03. The van der Waals surface area contributed by atoms with Crippen LogP contribution in [-0.4, -0.2) is 30.3 Å². The molecule has 0 unspecified atom stereocenters. The number of nitrogens with one attached hydrogen (secondary N) is 2. The molecular weight excluding hydrogens is 370 g/mol. The fourth-order valence-electron chi connectivity index (χ4n) is 2.34. The number of ether oxygens (including phenoxy) is 2. The van der Waals surface area contributed by atoms with E-state index in [1.165, 1.54) is 32.4 Å². The molecule has 0 fully saturated rings. The number of rotatable bonds is 6. The normalized spacial score (nSPS) is 10.3. The van der Waals surface area contributed by atoms with Crippen LogP contribution < -0.4 is 20.1 Å². The summed E-state index contributed by atoms with van der Waals surface area (Å²) in [6, 6.07) is 10.9. The molecule has 0 aliphatic carbocycles. The molecule has 28 heavy (non-hydrogen) atoms. The molecule has 0 atom stereocenters. The highest BCUT2D eigenvalue weighted by Gasteiger charge is 2.13. The molecule has 7 nitrogen and oxygen atoms in total. The first kappa shape index (κ1) is 19.0. The average molecular weight is 386 g/mol. The van der Waals surface area contributed by atoms with Crippen molar-refractivity contribution in [3.63, 3.8) is 0 Å². The van der Waals surface area contributed by atoms with Gasteiger partial charge in [0.15, 0.2) is 11.5 Å². The largest absolute Gasteiger partial charge is 0.497 e. The number of benzene rings is 2. The smallest absolute Gasteiger partial charge is 0.276 e. The molecule has 0 aliphatic rings. The van der Waals surface area contributed by atoms with Crippen molar-refractivity contribution in [1.82, 2.24) is 10.2 Å². The van der Waals surface area contributed by atoms with E-state index in [-0.39, 0.29) is 17.2 Å². The highest BCUT2D eigenvalue weighted by atomic mass is 19.1. The summed E-state index contributed by atoms with van der Waals surface area (Å²) in [5.74, 6) is -0.756. The Bertz CT molecular complexity index is 997. The maximum atomic E-state index is 13.7. The Labute approximate surface area is 159 Å². The molecule has 2 aromatic carbocycles. The third-order valence-corrected chi connectivity index (χ3v) is 3.75. The first-order valence-corrected chi connectivity index (χ1v) is 8.09. The molecule has 9 heteroatoms. The van der Waals surface area contributed by atoms with Crippen LogP contribution in [0, 0.1) is 11.6 Å². The lowest BCUT2D eigenvalue weighted by Gasteiger charge is -2.11. The second-order valence-electron chi connectivity index (χ2n) is 5.57. The van der Waals surface area contributed by atoms with Gasteiger partial charge in [-0.05, 0) is 36.4 Å². The monoisotopic (exact) mass is 386 g/mol. The molecule has 0 aliphatic heterocycles. The summed E-state index contributed by atoms with van der Waals surface area (Å²) < 4.78 is 37.0. The van der Waals surface area contributed by atoms with Gasteiger partial charge in [-0.25, -0.2) is 8.78 Å². The Morgan fingerprint density at radius 2 is 1.71 bits per heavy atom. The molecule has 0 spiro atoms. The van der Waals surface area contributed by atoms with Crippen LogP contribution in [0.25, 0.3) is 0 Å². The lowest BCUT2D eigenvalue weighted by molar-refractivity contribution is 0.102. The lowest BCUT2D eigenvalue weighted by atomic mass is 10.2. The molecule has 3 rings (SSSR count). The molecule has 3 aromatic rings. The van der Waals surface area contributed by atoms with Crippen molar-refractivity contribution in [3.8, 4) is 11.5 Å². The molecule has 2 N–H and O–H groups in total.